The number of nitrogens with one attached hydrogen (secondary N) is 1. The van der Waals surface area contributed by atoms with E-state index in [1.807, 2.05) is 19.1 Å². The fourth-order valence-corrected chi connectivity index (χ4v) is 3.06. The monoisotopic (exact) mass is 359 g/mol. The molecule has 2 atom stereocenters. The van der Waals surface area contributed by atoms with Gasteiger partial charge in [0.1, 0.15) is 5.52 Å². The Morgan fingerprint density at radius 2 is 2.09 bits per heavy atom. The molecule has 1 aliphatic rings. The van der Waals surface area contributed by atoms with Gasteiger partial charge >= 0.3 is 0 Å². The van der Waals surface area contributed by atoms with E-state index in [1.165, 1.54) is 6.42 Å². The van der Waals surface area contributed by atoms with Gasteiger partial charge in [0, 0.05) is 17.8 Å². The van der Waals surface area contributed by atoms with Crippen LogP contribution in [0.5, 0.6) is 0 Å². The van der Waals surface area contributed by atoms with Gasteiger partial charge in [-0.05, 0) is 44.4 Å². The highest BCUT2D eigenvalue weighted by atomic mass is 35.5. The largest absolute Gasteiger partial charge is 0.449 e. The van der Waals surface area contributed by atoms with E-state index in [2.05, 4.69) is 10.3 Å². The molecule has 2 aromatic heterocycles. The molecule has 2 heterocycles. The Bertz CT molecular complexity index is 660. The Hall–Kier alpha value is -1.30. The van der Waals surface area contributed by atoms with Crippen LogP contribution in [-0.4, -0.2) is 23.5 Å². The molecule has 1 aliphatic carbocycles. The van der Waals surface area contributed by atoms with Crippen molar-refractivity contribution >= 4 is 41.8 Å². The van der Waals surface area contributed by atoms with Gasteiger partial charge in [0.25, 0.3) is 5.91 Å². The van der Waals surface area contributed by atoms with Crippen molar-refractivity contribution in [2.45, 2.75) is 38.6 Å². The first-order valence-corrected chi connectivity index (χ1v) is 7.55. The predicted octanol–water partition coefficient (Wildman–Crippen LogP) is 3.23. The number of hydrogen-bond donors (Lipinski definition) is 2. The molecule has 3 N–H and O–H groups in total. The van der Waals surface area contributed by atoms with Crippen LogP contribution in [0.25, 0.3) is 11.1 Å². The lowest BCUT2D eigenvalue weighted by Crippen LogP contribution is -2.44. The average molecular weight is 360 g/mol. The Labute approximate surface area is 148 Å². The Morgan fingerprint density at radius 3 is 2.83 bits per heavy atom. The van der Waals surface area contributed by atoms with Crippen LogP contribution in [0.15, 0.2) is 22.6 Å². The highest BCUT2D eigenvalue weighted by Gasteiger charge is 2.26. The van der Waals surface area contributed by atoms with Crippen LogP contribution in [0.1, 0.15) is 41.9 Å². The van der Waals surface area contributed by atoms with E-state index in [-0.39, 0.29) is 36.8 Å². The van der Waals surface area contributed by atoms with Crippen molar-refractivity contribution in [2.75, 3.05) is 6.54 Å². The quantitative estimate of drug-likeness (QED) is 0.881. The first-order chi connectivity index (χ1) is 10.2. The van der Waals surface area contributed by atoms with E-state index in [0.29, 0.717) is 23.8 Å². The van der Waals surface area contributed by atoms with Gasteiger partial charge in [0.15, 0.2) is 11.3 Å². The van der Waals surface area contributed by atoms with Gasteiger partial charge in [-0.15, -0.1) is 24.8 Å². The number of amides is 1. The number of halogens is 2. The van der Waals surface area contributed by atoms with Crippen LogP contribution < -0.4 is 11.1 Å². The predicted molar refractivity (Wildman–Crippen MR) is 95.5 cm³/mol. The number of aryl methyl sites for hydroxylation is 1. The molecule has 7 heteroatoms. The molecule has 3 rings (SSSR count). The molecule has 5 nitrogen and oxygen atoms in total. The van der Waals surface area contributed by atoms with E-state index < -0.39 is 0 Å². The molecule has 0 saturated heterocycles. The van der Waals surface area contributed by atoms with Crippen molar-refractivity contribution in [3.8, 4) is 0 Å². The number of aromatic nitrogens is 1. The lowest BCUT2D eigenvalue weighted by molar-refractivity contribution is 0.0882. The molecule has 1 saturated carbocycles. The van der Waals surface area contributed by atoms with E-state index in [0.717, 1.165) is 30.5 Å². The maximum atomic E-state index is 12.4. The molecular formula is C16H23Cl2N3O2. The SMILES string of the molecule is Cc1ccc2oc(C(=O)NC3CCCCC3CN)cc2n1.Cl.Cl. The number of fused-ring (bicyclic) bond motifs is 1. The van der Waals surface area contributed by atoms with Crippen LogP contribution in [-0.2, 0) is 0 Å². The summed E-state index contributed by atoms with van der Waals surface area (Å²) < 4.78 is 5.59. The molecule has 1 fully saturated rings. The molecule has 0 spiro atoms. The Balaban J connectivity index is 0.00000132. The fraction of sp³-hybridized carbons (Fsp3) is 0.500. The number of carbonyl (C=O) groups is 1. The first kappa shape index (κ1) is 19.7. The van der Waals surface area contributed by atoms with Crippen LogP contribution in [0.2, 0.25) is 0 Å². The van der Waals surface area contributed by atoms with Crippen LogP contribution in [0.3, 0.4) is 0 Å². The normalized spacial score (nSPS) is 20.4. The van der Waals surface area contributed by atoms with E-state index in [1.54, 1.807) is 6.07 Å². The molecule has 2 unspecified atom stereocenters. The molecule has 0 aliphatic heterocycles. The summed E-state index contributed by atoms with van der Waals surface area (Å²) in [4.78, 5) is 16.7. The molecule has 0 radical (unpaired) electrons. The van der Waals surface area contributed by atoms with Gasteiger partial charge in [-0.1, -0.05) is 12.8 Å². The number of hydrogen-bond acceptors (Lipinski definition) is 4. The van der Waals surface area contributed by atoms with Crippen LogP contribution in [0, 0.1) is 12.8 Å². The second-order valence-electron chi connectivity index (χ2n) is 5.81. The molecule has 2 aromatic rings. The smallest absolute Gasteiger partial charge is 0.287 e. The number of furan rings is 1. The summed E-state index contributed by atoms with van der Waals surface area (Å²) in [6.45, 7) is 2.53. The summed E-state index contributed by atoms with van der Waals surface area (Å²) >= 11 is 0. The summed E-state index contributed by atoms with van der Waals surface area (Å²) in [5.74, 6) is 0.521. The Morgan fingerprint density at radius 1 is 1.35 bits per heavy atom. The topological polar surface area (TPSA) is 81.2 Å². The number of nitrogens with zero attached hydrogens (tertiary/aromatic N) is 1. The summed E-state index contributed by atoms with van der Waals surface area (Å²) in [6, 6.07) is 5.58. The molecular weight excluding hydrogens is 337 g/mol. The zero-order valence-corrected chi connectivity index (χ0v) is 14.7. The van der Waals surface area contributed by atoms with Gasteiger partial charge < -0.3 is 15.5 Å². The van der Waals surface area contributed by atoms with Gasteiger partial charge in [-0.2, -0.15) is 0 Å². The number of nitrogens with two attached hydrogens (primary N) is 1. The zero-order valence-electron chi connectivity index (χ0n) is 13.1. The lowest BCUT2D eigenvalue weighted by Gasteiger charge is -2.30. The van der Waals surface area contributed by atoms with Crippen molar-refractivity contribution in [3.05, 3.63) is 29.7 Å². The van der Waals surface area contributed by atoms with Gasteiger partial charge in [-0.25, -0.2) is 4.98 Å². The average Bonchev–Trinajstić information content (AvgIpc) is 2.91. The summed E-state index contributed by atoms with van der Waals surface area (Å²) in [7, 11) is 0. The molecule has 0 aromatic carbocycles. The first-order valence-electron chi connectivity index (χ1n) is 7.55. The second-order valence-corrected chi connectivity index (χ2v) is 5.81. The standard InChI is InChI=1S/C16H21N3O2.2ClH/c1-10-6-7-14-13(18-10)8-15(21-14)16(20)19-12-5-3-2-4-11(12)9-17;;/h6-8,11-12H,2-5,9,17H2,1H3,(H,19,20);2*1H. The van der Waals surface area contributed by atoms with Crippen LogP contribution in [0.4, 0.5) is 0 Å². The number of carbonyl (C=O) groups excluding carboxylic acids is 1. The third kappa shape index (κ3) is 4.37. The highest BCUT2D eigenvalue weighted by Crippen LogP contribution is 2.24. The van der Waals surface area contributed by atoms with Crippen LogP contribution >= 0.6 is 24.8 Å². The van der Waals surface area contributed by atoms with Gasteiger partial charge in [0.05, 0.1) is 0 Å². The van der Waals surface area contributed by atoms with Crippen molar-refractivity contribution in [2.24, 2.45) is 11.7 Å². The minimum atomic E-state index is -0.170. The van der Waals surface area contributed by atoms with Crippen molar-refractivity contribution < 1.29 is 9.21 Å². The van der Waals surface area contributed by atoms with E-state index in [9.17, 15) is 4.79 Å². The van der Waals surface area contributed by atoms with Crippen molar-refractivity contribution in [1.29, 1.82) is 0 Å². The van der Waals surface area contributed by atoms with E-state index in [4.69, 9.17) is 10.2 Å². The lowest BCUT2D eigenvalue weighted by atomic mass is 9.84. The third-order valence-electron chi connectivity index (χ3n) is 4.27. The zero-order chi connectivity index (χ0) is 14.8. The highest BCUT2D eigenvalue weighted by molar-refractivity contribution is 5.95. The minimum absolute atomic E-state index is 0. The van der Waals surface area contributed by atoms with Crippen molar-refractivity contribution in [3.63, 3.8) is 0 Å². The Kier molecular flexibility index (Phi) is 7.32. The molecule has 1 amide bonds. The summed E-state index contributed by atoms with van der Waals surface area (Å²) in [5.41, 5.74) is 8.07. The molecule has 128 valence electrons. The summed E-state index contributed by atoms with van der Waals surface area (Å²) in [5, 5.41) is 3.07. The van der Waals surface area contributed by atoms with Gasteiger partial charge in [-0.3, -0.25) is 4.79 Å². The number of rotatable bonds is 3. The maximum absolute atomic E-state index is 12.4. The van der Waals surface area contributed by atoms with Crippen molar-refractivity contribution in [1.82, 2.24) is 10.3 Å². The number of pyridine rings is 1. The third-order valence-corrected chi connectivity index (χ3v) is 4.27. The molecule has 23 heavy (non-hydrogen) atoms. The second kappa shape index (κ2) is 8.52. The minimum Gasteiger partial charge on any atom is -0.449 e. The molecule has 0 bridgehead atoms. The fourth-order valence-electron chi connectivity index (χ4n) is 3.06. The van der Waals surface area contributed by atoms with E-state index >= 15 is 0 Å². The maximum Gasteiger partial charge on any atom is 0.287 e. The van der Waals surface area contributed by atoms with Gasteiger partial charge in [0.2, 0.25) is 0 Å². The summed E-state index contributed by atoms with van der Waals surface area (Å²) in [6.07, 6.45) is 4.41.